The summed E-state index contributed by atoms with van der Waals surface area (Å²) in [5, 5.41) is 11.8. The third kappa shape index (κ3) is 3.55. The van der Waals surface area contributed by atoms with E-state index in [1.807, 2.05) is 31.2 Å². The Morgan fingerprint density at radius 2 is 1.73 bits per heavy atom. The van der Waals surface area contributed by atoms with E-state index < -0.39 is 0 Å². The summed E-state index contributed by atoms with van der Waals surface area (Å²) in [6.45, 7) is 4.04. The van der Waals surface area contributed by atoms with E-state index in [4.69, 9.17) is 4.99 Å². The van der Waals surface area contributed by atoms with Crippen molar-refractivity contribution < 1.29 is 52.0 Å². The molecule has 1 aliphatic rings. The molecule has 3 aromatic carbocycles. The molecule has 0 unspecified atom stereocenters. The number of allylic oxidation sites excluding steroid dienone is 1. The molecule has 0 saturated heterocycles. The molecule has 0 bridgehead atoms. The van der Waals surface area contributed by atoms with Crippen molar-refractivity contribution >= 4 is 27.7 Å². The molecule has 0 spiro atoms. The van der Waals surface area contributed by atoms with Crippen LogP contribution in [-0.4, -0.2) is 10.8 Å². The molecule has 0 saturated carbocycles. The van der Waals surface area contributed by atoms with E-state index in [1.165, 1.54) is 33.2 Å². The molecule has 138 valence electrons. The van der Waals surface area contributed by atoms with Gasteiger partial charge in [-0.1, -0.05) is 37.3 Å². The second-order valence-electron chi connectivity index (χ2n) is 6.61. The summed E-state index contributed by atoms with van der Waals surface area (Å²) in [7, 11) is 0. The summed E-state index contributed by atoms with van der Waals surface area (Å²) in [5.74, 6) is 0. The summed E-state index contributed by atoms with van der Waals surface area (Å²) >= 11 is 0. The van der Waals surface area contributed by atoms with Crippen molar-refractivity contribution in [3.8, 4) is 0 Å². The number of aliphatic hydroxyl groups is 1. The van der Waals surface area contributed by atoms with Crippen LogP contribution < -0.4 is 0 Å². The number of aliphatic imine (C=N–C) groups is 1. The Morgan fingerprint density at radius 1 is 1.04 bits per heavy atom. The molecule has 3 heteroatoms. The quantitative estimate of drug-likeness (QED) is 0.354. The fourth-order valence-electron chi connectivity index (χ4n) is 3.66. The third-order valence-corrected chi connectivity index (χ3v) is 4.95. The second kappa shape index (κ2) is 8.12. The van der Waals surface area contributed by atoms with Crippen LogP contribution in [0.5, 0.6) is 0 Å². The number of aryl methyl sites for hydroxylation is 1. The van der Waals surface area contributed by atoms with Gasteiger partial charge in [0.05, 0.1) is 11.9 Å². The van der Waals surface area contributed by atoms with Gasteiger partial charge >= 0.3 is 0 Å². The van der Waals surface area contributed by atoms with Crippen LogP contribution in [0.3, 0.4) is 0 Å². The van der Waals surface area contributed by atoms with Gasteiger partial charge in [-0.3, -0.25) is 4.99 Å². The largest absolute Gasteiger partial charge is 0.515 e. The van der Waals surface area contributed by atoms with E-state index in [-0.39, 0.29) is 46.9 Å². The number of hydrogen-bond donors (Lipinski definition) is 1. The average molecular weight is 499 g/mol. The first-order valence-corrected chi connectivity index (χ1v) is 8.56. The van der Waals surface area contributed by atoms with Crippen molar-refractivity contribution in [1.82, 2.24) is 0 Å². The minimum Gasteiger partial charge on any atom is -0.515 e. The van der Waals surface area contributed by atoms with Gasteiger partial charge in [0.25, 0.3) is 0 Å². The Bertz CT molecular complexity index is 1030. The molecule has 2 nitrogen and oxygen atoms in total. The summed E-state index contributed by atoms with van der Waals surface area (Å²) in [4.78, 5) is 4.94. The van der Waals surface area contributed by atoms with Gasteiger partial charge in [-0.15, -0.1) is 45.7 Å². The fraction of sp³-hybridized carbons (Fsp3) is 0.174. The first-order chi connectivity index (χ1) is 12.2. The summed E-state index contributed by atoms with van der Waals surface area (Å²) in [6, 6.07) is 19.9. The molecular weight excluding hydrogens is 479 g/mol. The molecule has 1 N–H and O–H groups in total. The standard InChI is InChI=1S/C23H20NO.Yb/c1-15-11-17-7-3-4-9-20(17)22-13-18(12-21(15)22)24-23-10-6-5-8-19(23)16(2)14-25;/h3-10,14,25H,12-13H2,1-2H3;/q-1;/b16-14-,24-18?;. The number of fused-ring (bicyclic) bond motifs is 3. The normalized spacial score (nSPS) is 15.2. The van der Waals surface area contributed by atoms with Crippen LogP contribution in [0.1, 0.15) is 29.2 Å². The summed E-state index contributed by atoms with van der Waals surface area (Å²) < 4.78 is 0. The van der Waals surface area contributed by atoms with Crippen LogP contribution in [0.4, 0.5) is 5.69 Å². The minimum atomic E-state index is 0. The minimum absolute atomic E-state index is 0. The first kappa shape index (κ1) is 19.4. The number of aliphatic hydroxyl groups excluding tert-OH is 1. The van der Waals surface area contributed by atoms with Crippen molar-refractivity contribution in [1.29, 1.82) is 0 Å². The Labute approximate surface area is 192 Å². The third-order valence-electron chi connectivity index (χ3n) is 4.95. The Kier molecular flexibility index (Phi) is 6.06. The van der Waals surface area contributed by atoms with Crippen molar-refractivity contribution in [2.75, 3.05) is 0 Å². The number of benzene rings is 3. The first-order valence-electron chi connectivity index (χ1n) is 8.56. The number of nitrogens with zero attached hydrogens (tertiary/aromatic N) is 1. The van der Waals surface area contributed by atoms with Crippen molar-refractivity contribution in [2.24, 2.45) is 4.99 Å². The summed E-state index contributed by atoms with van der Waals surface area (Å²) in [6.07, 6.45) is 2.90. The van der Waals surface area contributed by atoms with Crippen molar-refractivity contribution in [3.05, 3.63) is 83.1 Å². The molecule has 0 atom stereocenters. The van der Waals surface area contributed by atoms with Crippen LogP contribution in [0.15, 0.2) is 59.8 Å². The Hall–Kier alpha value is -1.35. The van der Waals surface area contributed by atoms with Gasteiger partial charge in [-0.05, 0) is 31.4 Å². The van der Waals surface area contributed by atoms with Gasteiger partial charge in [0.15, 0.2) is 0 Å². The average Bonchev–Trinajstić information content (AvgIpc) is 3.06. The monoisotopic (exact) mass is 500 g/mol. The van der Waals surface area contributed by atoms with E-state index in [1.54, 1.807) is 0 Å². The van der Waals surface area contributed by atoms with E-state index in [2.05, 4.69) is 37.3 Å². The van der Waals surface area contributed by atoms with Gasteiger partial charge in [0.2, 0.25) is 0 Å². The molecule has 0 heterocycles. The molecule has 1 aliphatic carbocycles. The van der Waals surface area contributed by atoms with E-state index in [9.17, 15) is 5.11 Å². The number of para-hydroxylation sites is 1. The number of hydrogen-bond acceptors (Lipinski definition) is 2. The second-order valence-corrected chi connectivity index (χ2v) is 6.61. The van der Waals surface area contributed by atoms with Crippen LogP contribution in [-0.2, 0) is 12.8 Å². The molecule has 0 amide bonds. The maximum atomic E-state index is 9.36. The predicted molar refractivity (Wildman–Crippen MR) is 105 cm³/mol. The van der Waals surface area contributed by atoms with E-state index in [0.717, 1.165) is 35.9 Å². The zero-order valence-electron chi connectivity index (χ0n) is 14.8. The maximum Gasteiger partial charge on any atom is 0.0827 e. The SMILES string of the molecule is C/C(=C/O)c1ccccc1N=C1Cc2c(C)[c-]c3ccccc3c2C1.[Yb]. The van der Waals surface area contributed by atoms with Crippen LogP contribution in [0.2, 0.25) is 0 Å². The van der Waals surface area contributed by atoms with Gasteiger partial charge < -0.3 is 5.11 Å². The van der Waals surface area contributed by atoms with Gasteiger partial charge in [0.1, 0.15) is 0 Å². The molecule has 0 aliphatic heterocycles. The van der Waals surface area contributed by atoms with E-state index >= 15 is 0 Å². The van der Waals surface area contributed by atoms with Gasteiger partial charge in [-0.25, -0.2) is 0 Å². The van der Waals surface area contributed by atoms with E-state index in [0.29, 0.717) is 0 Å². The van der Waals surface area contributed by atoms with Crippen LogP contribution >= 0.6 is 0 Å². The predicted octanol–water partition coefficient (Wildman–Crippen LogP) is 5.74. The van der Waals surface area contributed by atoms with Gasteiger partial charge in [-0.2, -0.15) is 0 Å². The van der Waals surface area contributed by atoms with Crippen molar-refractivity contribution in [3.63, 3.8) is 0 Å². The van der Waals surface area contributed by atoms with Crippen molar-refractivity contribution in [2.45, 2.75) is 26.7 Å². The molecule has 26 heavy (non-hydrogen) atoms. The molecule has 0 aromatic heterocycles. The Balaban J connectivity index is 0.00000196. The zero-order chi connectivity index (χ0) is 17.4. The Morgan fingerprint density at radius 3 is 2.54 bits per heavy atom. The zero-order valence-corrected chi connectivity index (χ0v) is 16.5. The fourth-order valence-corrected chi connectivity index (χ4v) is 3.66. The van der Waals surface area contributed by atoms with Crippen LogP contribution in [0, 0.1) is 59.9 Å². The molecule has 4 rings (SSSR count). The topological polar surface area (TPSA) is 32.6 Å². The molecule has 0 fully saturated rings. The molecular formula is C23H20NOYb-. The number of rotatable bonds is 2. The van der Waals surface area contributed by atoms with Crippen LogP contribution in [0.25, 0.3) is 16.3 Å². The summed E-state index contributed by atoms with van der Waals surface area (Å²) in [5.41, 5.74) is 7.85. The molecule has 0 radical (unpaired) electrons. The smallest absolute Gasteiger partial charge is 0.0827 e. The molecule has 3 aromatic rings. The maximum absolute atomic E-state index is 9.36. The van der Waals surface area contributed by atoms with Gasteiger partial charge in [0, 0.05) is 58.2 Å².